The smallest absolute Gasteiger partial charge is 0.0404 e. The Morgan fingerprint density at radius 3 is 2.77 bits per heavy atom. The molecule has 13 heavy (non-hydrogen) atoms. The molecule has 0 aliphatic heterocycles. The van der Waals surface area contributed by atoms with Crippen LogP contribution in [0.25, 0.3) is 6.08 Å². The summed E-state index contributed by atoms with van der Waals surface area (Å²) >= 11 is 0. The van der Waals surface area contributed by atoms with E-state index in [1.165, 1.54) is 24.1 Å². The minimum absolute atomic E-state index is 1.10. The minimum atomic E-state index is 1.10. The highest BCUT2D eigenvalue weighted by Crippen LogP contribution is 2.05. The molecule has 1 heterocycles. The van der Waals surface area contributed by atoms with Crippen molar-refractivity contribution in [3.05, 3.63) is 35.7 Å². The summed E-state index contributed by atoms with van der Waals surface area (Å²) in [5, 5.41) is 0. The Hall–Kier alpha value is -1.11. The summed E-state index contributed by atoms with van der Waals surface area (Å²) in [4.78, 5) is 4.38. The molecule has 0 saturated carbocycles. The van der Waals surface area contributed by atoms with E-state index in [1.807, 2.05) is 19.2 Å². The molecule has 1 rings (SSSR count). The number of hydrogen-bond donors (Lipinski definition) is 0. The SMILES string of the molecule is C/C=C/c1ccc(CCCC)nc1. The zero-order chi connectivity index (χ0) is 9.52. The van der Waals surface area contributed by atoms with Crippen LogP contribution in [0.4, 0.5) is 0 Å². The number of unbranched alkanes of at least 4 members (excludes halogenated alkanes) is 1. The number of rotatable bonds is 4. The Bertz CT molecular complexity index is 259. The Morgan fingerprint density at radius 1 is 1.38 bits per heavy atom. The Balaban J connectivity index is 2.58. The molecule has 0 aliphatic carbocycles. The summed E-state index contributed by atoms with van der Waals surface area (Å²) < 4.78 is 0. The van der Waals surface area contributed by atoms with Crippen LogP contribution in [0.5, 0.6) is 0 Å². The predicted octanol–water partition coefficient (Wildman–Crippen LogP) is 3.46. The standard InChI is InChI=1S/C12H17N/c1-3-5-7-12-9-8-11(6-4-2)10-13-12/h4,6,8-10H,3,5,7H2,1-2H3/b6-4+. The lowest BCUT2D eigenvalue weighted by atomic mass is 10.1. The number of hydrogen-bond acceptors (Lipinski definition) is 1. The molecule has 1 heteroatoms. The molecule has 0 aromatic carbocycles. The molecule has 0 amide bonds. The van der Waals surface area contributed by atoms with Gasteiger partial charge in [0.1, 0.15) is 0 Å². The monoisotopic (exact) mass is 175 g/mol. The Morgan fingerprint density at radius 2 is 2.23 bits per heavy atom. The van der Waals surface area contributed by atoms with E-state index in [0.717, 1.165) is 6.42 Å². The van der Waals surface area contributed by atoms with Gasteiger partial charge in [-0.15, -0.1) is 0 Å². The molecule has 1 aromatic heterocycles. The minimum Gasteiger partial charge on any atom is -0.261 e. The third kappa shape index (κ3) is 3.41. The van der Waals surface area contributed by atoms with Crippen LogP contribution >= 0.6 is 0 Å². The largest absolute Gasteiger partial charge is 0.261 e. The summed E-state index contributed by atoms with van der Waals surface area (Å²) in [5.74, 6) is 0. The zero-order valence-electron chi connectivity index (χ0n) is 8.46. The molecular weight excluding hydrogens is 158 g/mol. The fraction of sp³-hybridized carbons (Fsp3) is 0.417. The molecule has 0 spiro atoms. The lowest BCUT2D eigenvalue weighted by Gasteiger charge is -1.98. The molecule has 0 aliphatic rings. The van der Waals surface area contributed by atoms with Gasteiger partial charge in [0.15, 0.2) is 0 Å². The van der Waals surface area contributed by atoms with Crippen molar-refractivity contribution < 1.29 is 0 Å². The number of nitrogens with zero attached hydrogens (tertiary/aromatic N) is 1. The molecule has 0 N–H and O–H groups in total. The van der Waals surface area contributed by atoms with Crippen LogP contribution in [0.3, 0.4) is 0 Å². The van der Waals surface area contributed by atoms with Crippen LogP contribution in [0, 0.1) is 0 Å². The summed E-state index contributed by atoms with van der Waals surface area (Å²) in [5.41, 5.74) is 2.39. The molecule has 0 unspecified atom stereocenters. The lowest BCUT2D eigenvalue weighted by Crippen LogP contribution is -1.89. The Kier molecular flexibility index (Phi) is 4.24. The van der Waals surface area contributed by atoms with Gasteiger partial charge >= 0.3 is 0 Å². The molecule has 0 saturated heterocycles. The van der Waals surface area contributed by atoms with Crippen molar-refractivity contribution in [3.63, 3.8) is 0 Å². The second-order valence-corrected chi connectivity index (χ2v) is 3.19. The van der Waals surface area contributed by atoms with Gasteiger partial charge in [-0.1, -0.05) is 31.6 Å². The maximum Gasteiger partial charge on any atom is 0.0404 e. The number of aryl methyl sites for hydroxylation is 1. The van der Waals surface area contributed by atoms with Crippen molar-refractivity contribution in [2.75, 3.05) is 0 Å². The average Bonchev–Trinajstić information content (AvgIpc) is 2.17. The summed E-state index contributed by atoms with van der Waals surface area (Å²) in [6.45, 7) is 4.22. The van der Waals surface area contributed by atoms with E-state index in [-0.39, 0.29) is 0 Å². The molecule has 0 bridgehead atoms. The van der Waals surface area contributed by atoms with Gasteiger partial charge < -0.3 is 0 Å². The topological polar surface area (TPSA) is 12.9 Å². The van der Waals surface area contributed by atoms with E-state index in [9.17, 15) is 0 Å². The maximum absolute atomic E-state index is 4.38. The number of aromatic nitrogens is 1. The van der Waals surface area contributed by atoms with Gasteiger partial charge in [0.2, 0.25) is 0 Å². The van der Waals surface area contributed by atoms with Crippen LogP contribution < -0.4 is 0 Å². The van der Waals surface area contributed by atoms with Crippen molar-refractivity contribution in [2.24, 2.45) is 0 Å². The van der Waals surface area contributed by atoms with Gasteiger partial charge in [-0.25, -0.2) is 0 Å². The van der Waals surface area contributed by atoms with Gasteiger partial charge in [-0.2, -0.15) is 0 Å². The highest BCUT2D eigenvalue weighted by Gasteiger charge is 1.92. The van der Waals surface area contributed by atoms with Crippen LogP contribution in [0.15, 0.2) is 24.4 Å². The van der Waals surface area contributed by atoms with Crippen molar-refractivity contribution in [1.82, 2.24) is 4.98 Å². The number of allylic oxidation sites excluding steroid dienone is 1. The van der Waals surface area contributed by atoms with Crippen molar-refractivity contribution in [3.8, 4) is 0 Å². The fourth-order valence-corrected chi connectivity index (χ4v) is 1.23. The first-order valence-electron chi connectivity index (χ1n) is 4.94. The molecule has 0 atom stereocenters. The molecule has 70 valence electrons. The first-order valence-corrected chi connectivity index (χ1v) is 4.94. The van der Waals surface area contributed by atoms with Crippen molar-refractivity contribution in [1.29, 1.82) is 0 Å². The second kappa shape index (κ2) is 5.52. The highest BCUT2D eigenvalue weighted by atomic mass is 14.7. The third-order valence-electron chi connectivity index (χ3n) is 1.99. The van der Waals surface area contributed by atoms with E-state index >= 15 is 0 Å². The molecule has 1 nitrogen and oxygen atoms in total. The summed E-state index contributed by atoms with van der Waals surface area (Å²) in [6.07, 6.45) is 9.60. The second-order valence-electron chi connectivity index (χ2n) is 3.19. The fourth-order valence-electron chi connectivity index (χ4n) is 1.23. The quantitative estimate of drug-likeness (QED) is 0.683. The predicted molar refractivity (Wildman–Crippen MR) is 57.6 cm³/mol. The highest BCUT2D eigenvalue weighted by molar-refractivity contribution is 5.47. The summed E-state index contributed by atoms with van der Waals surface area (Å²) in [7, 11) is 0. The van der Waals surface area contributed by atoms with E-state index in [4.69, 9.17) is 0 Å². The van der Waals surface area contributed by atoms with Crippen LogP contribution in [-0.2, 0) is 6.42 Å². The normalized spacial score (nSPS) is 10.9. The maximum atomic E-state index is 4.38. The molecular formula is C12H17N. The van der Waals surface area contributed by atoms with Crippen LogP contribution in [-0.4, -0.2) is 4.98 Å². The third-order valence-corrected chi connectivity index (χ3v) is 1.99. The van der Waals surface area contributed by atoms with Crippen molar-refractivity contribution in [2.45, 2.75) is 33.1 Å². The van der Waals surface area contributed by atoms with Crippen LogP contribution in [0.2, 0.25) is 0 Å². The van der Waals surface area contributed by atoms with Crippen LogP contribution in [0.1, 0.15) is 37.9 Å². The first-order chi connectivity index (χ1) is 6.36. The summed E-state index contributed by atoms with van der Waals surface area (Å²) in [6, 6.07) is 4.24. The lowest BCUT2D eigenvalue weighted by molar-refractivity contribution is 0.776. The molecule has 1 aromatic rings. The van der Waals surface area contributed by atoms with Gasteiger partial charge in [-0.3, -0.25) is 4.98 Å². The number of pyridine rings is 1. The Labute approximate surface area is 80.5 Å². The van der Waals surface area contributed by atoms with Crippen molar-refractivity contribution >= 4 is 6.08 Å². The first kappa shape index (κ1) is 9.97. The van der Waals surface area contributed by atoms with Gasteiger partial charge in [-0.05, 0) is 31.4 Å². The van der Waals surface area contributed by atoms with Gasteiger partial charge in [0, 0.05) is 11.9 Å². The average molecular weight is 175 g/mol. The van der Waals surface area contributed by atoms with E-state index in [1.54, 1.807) is 0 Å². The molecule has 0 radical (unpaired) electrons. The molecule has 0 fully saturated rings. The van der Waals surface area contributed by atoms with E-state index in [2.05, 4.69) is 30.1 Å². The van der Waals surface area contributed by atoms with E-state index < -0.39 is 0 Å². The van der Waals surface area contributed by atoms with Gasteiger partial charge in [0.05, 0.1) is 0 Å². The van der Waals surface area contributed by atoms with E-state index in [0.29, 0.717) is 0 Å². The van der Waals surface area contributed by atoms with Gasteiger partial charge in [0.25, 0.3) is 0 Å². The zero-order valence-corrected chi connectivity index (χ0v) is 8.46.